The van der Waals surface area contributed by atoms with E-state index in [1.54, 1.807) is 54.6 Å². The second-order valence-electron chi connectivity index (χ2n) is 7.71. The van der Waals surface area contributed by atoms with Gasteiger partial charge in [-0.15, -0.1) is 0 Å². The molecule has 0 aliphatic carbocycles. The standard InChI is InChI=1S/C26H21F3N2O4S/c1-34-25-24(31-36(32,33)23-11-3-2-4-12-23)15-20(16-30-25)19-8-6-10-22(14-19)35-17-18-7-5-9-21(13-18)26(27,28)29/h2-16,31H,17H2,1H3. The van der Waals surface area contributed by atoms with Gasteiger partial charge in [-0.1, -0.05) is 42.5 Å². The average Bonchev–Trinajstić information content (AvgIpc) is 2.87. The van der Waals surface area contributed by atoms with E-state index < -0.39 is 21.8 Å². The lowest BCUT2D eigenvalue weighted by atomic mass is 10.1. The fraction of sp³-hybridized carbons (Fsp3) is 0.115. The fourth-order valence-corrected chi connectivity index (χ4v) is 4.49. The Balaban J connectivity index is 1.56. The number of benzene rings is 3. The Kier molecular flexibility index (Phi) is 7.16. The van der Waals surface area contributed by atoms with Crippen LogP contribution in [0.15, 0.2) is 96.0 Å². The third-order valence-corrected chi connectivity index (χ3v) is 6.55. The van der Waals surface area contributed by atoms with Crippen molar-refractivity contribution >= 4 is 15.7 Å². The summed E-state index contributed by atoms with van der Waals surface area (Å²) in [6.07, 6.45) is -2.91. The van der Waals surface area contributed by atoms with E-state index in [0.29, 0.717) is 22.4 Å². The van der Waals surface area contributed by atoms with Crippen LogP contribution in [-0.4, -0.2) is 20.5 Å². The summed E-state index contributed by atoms with van der Waals surface area (Å²) in [7, 11) is -2.50. The first-order valence-corrected chi connectivity index (χ1v) is 12.2. The highest BCUT2D eigenvalue weighted by atomic mass is 32.2. The van der Waals surface area contributed by atoms with Crippen molar-refractivity contribution in [2.24, 2.45) is 0 Å². The molecule has 0 aliphatic rings. The summed E-state index contributed by atoms with van der Waals surface area (Å²) >= 11 is 0. The molecular weight excluding hydrogens is 493 g/mol. The molecule has 0 unspecified atom stereocenters. The number of nitrogens with one attached hydrogen (secondary N) is 1. The summed E-state index contributed by atoms with van der Waals surface area (Å²) in [6, 6.07) is 21.3. The number of alkyl halides is 3. The van der Waals surface area contributed by atoms with Crippen LogP contribution in [0.25, 0.3) is 11.1 Å². The van der Waals surface area contributed by atoms with Gasteiger partial charge in [0.2, 0.25) is 5.88 Å². The van der Waals surface area contributed by atoms with Gasteiger partial charge in [0.15, 0.2) is 0 Å². The van der Waals surface area contributed by atoms with Crippen LogP contribution in [0.1, 0.15) is 11.1 Å². The van der Waals surface area contributed by atoms with Gasteiger partial charge in [-0.2, -0.15) is 13.2 Å². The Hall–Kier alpha value is -4.05. The van der Waals surface area contributed by atoms with Crippen LogP contribution in [0.2, 0.25) is 0 Å². The van der Waals surface area contributed by atoms with Crippen molar-refractivity contribution in [2.45, 2.75) is 17.7 Å². The zero-order valence-electron chi connectivity index (χ0n) is 19.0. The van der Waals surface area contributed by atoms with Gasteiger partial charge >= 0.3 is 6.18 Å². The Bertz CT molecular complexity index is 1460. The number of hydrogen-bond donors (Lipinski definition) is 1. The molecule has 0 fully saturated rings. The lowest BCUT2D eigenvalue weighted by molar-refractivity contribution is -0.137. The Labute approximate surface area is 206 Å². The monoisotopic (exact) mass is 514 g/mol. The molecule has 0 bridgehead atoms. The summed E-state index contributed by atoms with van der Waals surface area (Å²) in [5.74, 6) is 0.516. The maximum Gasteiger partial charge on any atom is 0.416 e. The number of nitrogens with zero attached hydrogens (tertiary/aromatic N) is 1. The van der Waals surface area contributed by atoms with Gasteiger partial charge in [0.05, 0.1) is 17.6 Å². The Morgan fingerprint density at radius 2 is 1.64 bits per heavy atom. The van der Waals surface area contributed by atoms with E-state index >= 15 is 0 Å². The molecule has 1 heterocycles. The van der Waals surface area contributed by atoms with E-state index in [-0.39, 0.29) is 23.1 Å². The van der Waals surface area contributed by atoms with E-state index in [1.165, 1.54) is 31.5 Å². The lowest BCUT2D eigenvalue weighted by Crippen LogP contribution is -2.14. The summed E-state index contributed by atoms with van der Waals surface area (Å²) in [5.41, 5.74) is 1.01. The quantitative estimate of drug-likeness (QED) is 0.305. The van der Waals surface area contributed by atoms with Gasteiger partial charge in [-0.25, -0.2) is 13.4 Å². The molecule has 4 aromatic rings. The number of halogens is 3. The molecule has 0 radical (unpaired) electrons. The molecule has 0 saturated carbocycles. The average molecular weight is 515 g/mol. The molecule has 4 rings (SSSR count). The highest BCUT2D eigenvalue weighted by Gasteiger charge is 2.30. The summed E-state index contributed by atoms with van der Waals surface area (Å²) in [4.78, 5) is 4.30. The van der Waals surface area contributed by atoms with Crippen molar-refractivity contribution in [3.05, 3.63) is 102 Å². The number of anilines is 1. The molecule has 0 atom stereocenters. The minimum absolute atomic E-state index is 0.0592. The van der Waals surface area contributed by atoms with E-state index in [2.05, 4.69) is 9.71 Å². The first-order chi connectivity index (χ1) is 17.2. The summed E-state index contributed by atoms with van der Waals surface area (Å²) in [5, 5.41) is 0. The van der Waals surface area contributed by atoms with E-state index in [0.717, 1.165) is 12.1 Å². The molecule has 36 heavy (non-hydrogen) atoms. The third kappa shape index (κ3) is 5.95. The van der Waals surface area contributed by atoms with E-state index in [1.807, 2.05) is 0 Å². The van der Waals surface area contributed by atoms with Crippen LogP contribution < -0.4 is 14.2 Å². The molecule has 6 nitrogen and oxygen atoms in total. The second kappa shape index (κ2) is 10.3. The molecule has 0 aliphatic heterocycles. The minimum Gasteiger partial charge on any atom is -0.489 e. The molecule has 0 amide bonds. The van der Waals surface area contributed by atoms with Gasteiger partial charge in [0.25, 0.3) is 10.0 Å². The first kappa shape index (κ1) is 25.1. The van der Waals surface area contributed by atoms with Crippen molar-refractivity contribution in [2.75, 3.05) is 11.8 Å². The van der Waals surface area contributed by atoms with Crippen LogP contribution in [0.4, 0.5) is 18.9 Å². The molecular formula is C26H21F3N2O4S. The number of aromatic nitrogens is 1. The zero-order chi connectivity index (χ0) is 25.8. The van der Waals surface area contributed by atoms with Gasteiger partial charge in [-0.3, -0.25) is 4.72 Å². The van der Waals surface area contributed by atoms with Crippen molar-refractivity contribution in [3.8, 4) is 22.8 Å². The van der Waals surface area contributed by atoms with Crippen LogP contribution >= 0.6 is 0 Å². The topological polar surface area (TPSA) is 77.5 Å². The smallest absolute Gasteiger partial charge is 0.416 e. The zero-order valence-corrected chi connectivity index (χ0v) is 19.8. The van der Waals surface area contributed by atoms with Gasteiger partial charge < -0.3 is 9.47 Å². The van der Waals surface area contributed by atoms with Gasteiger partial charge in [-0.05, 0) is 53.6 Å². The summed E-state index contributed by atoms with van der Waals surface area (Å²) < 4.78 is 77.9. The van der Waals surface area contributed by atoms with Crippen molar-refractivity contribution in [1.82, 2.24) is 4.98 Å². The van der Waals surface area contributed by atoms with Gasteiger partial charge in [0, 0.05) is 11.8 Å². The van der Waals surface area contributed by atoms with Crippen molar-refractivity contribution in [3.63, 3.8) is 0 Å². The Morgan fingerprint density at radius 3 is 2.36 bits per heavy atom. The molecule has 3 aromatic carbocycles. The highest BCUT2D eigenvalue weighted by molar-refractivity contribution is 7.92. The molecule has 0 spiro atoms. The number of pyridine rings is 1. The molecule has 1 N–H and O–H groups in total. The fourth-order valence-electron chi connectivity index (χ4n) is 3.42. The maximum atomic E-state index is 13.0. The largest absolute Gasteiger partial charge is 0.489 e. The van der Waals surface area contributed by atoms with Crippen LogP contribution in [0, 0.1) is 0 Å². The van der Waals surface area contributed by atoms with Crippen LogP contribution in [0.5, 0.6) is 11.6 Å². The Morgan fingerprint density at radius 1 is 0.889 bits per heavy atom. The molecule has 0 saturated heterocycles. The normalized spacial score (nSPS) is 11.7. The first-order valence-electron chi connectivity index (χ1n) is 10.7. The van der Waals surface area contributed by atoms with Gasteiger partial charge in [0.1, 0.15) is 18.0 Å². The van der Waals surface area contributed by atoms with E-state index in [4.69, 9.17) is 9.47 Å². The minimum atomic E-state index is -4.43. The number of sulfonamides is 1. The predicted molar refractivity (Wildman–Crippen MR) is 129 cm³/mol. The SMILES string of the molecule is COc1ncc(-c2cccc(OCc3cccc(C(F)(F)F)c3)c2)cc1NS(=O)(=O)c1ccccc1. The maximum absolute atomic E-state index is 13.0. The van der Waals surface area contributed by atoms with Crippen molar-refractivity contribution < 1.29 is 31.1 Å². The van der Waals surface area contributed by atoms with Crippen molar-refractivity contribution in [1.29, 1.82) is 0 Å². The number of hydrogen-bond acceptors (Lipinski definition) is 5. The van der Waals surface area contributed by atoms with E-state index in [9.17, 15) is 21.6 Å². The second-order valence-corrected chi connectivity index (χ2v) is 9.40. The number of ether oxygens (including phenoxy) is 2. The number of rotatable bonds is 8. The molecule has 1 aromatic heterocycles. The summed E-state index contributed by atoms with van der Waals surface area (Å²) in [6.45, 7) is -0.0592. The predicted octanol–water partition coefficient (Wildman–Crippen LogP) is 6.16. The van der Waals surface area contributed by atoms with Crippen LogP contribution in [-0.2, 0) is 22.8 Å². The number of methoxy groups -OCH3 is 1. The molecule has 10 heteroatoms. The molecule has 186 valence electrons. The van der Waals surface area contributed by atoms with Crippen LogP contribution in [0.3, 0.4) is 0 Å². The highest BCUT2D eigenvalue weighted by Crippen LogP contribution is 2.32. The lowest BCUT2D eigenvalue weighted by Gasteiger charge is -2.13. The third-order valence-electron chi connectivity index (χ3n) is 5.17.